The molecule has 162 valence electrons. The summed E-state index contributed by atoms with van der Waals surface area (Å²) in [6, 6.07) is 13.0. The predicted octanol–water partition coefficient (Wildman–Crippen LogP) is 3.93. The van der Waals surface area contributed by atoms with Gasteiger partial charge in [0, 0.05) is 28.9 Å². The average Bonchev–Trinajstić information content (AvgIpc) is 2.76. The maximum absolute atomic E-state index is 13.4. The van der Waals surface area contributed by atoms with Crippen molar-refractivity contribution in [3.8, 4) is 6.07 Å². The van der Waals surface area contributed by atoms with Crippen LogP contribution in [-0.2, 0) is 4.79 Å². The molecule has 1 atom stereocenters. The molecule has 1 amide bonds. The highest BCUT2D eigenvalue weighted by atomic mass is 79.9. The summed E-state index contributed by atoms with van der Waals surface area (Å²) in [5, 5.41) is 11.4. The van der Waals surface area contributed by atoms with Gasteiger partial charge in [-0.2, -0.15) is 5.26 Å². The van der Waals surface area contributed by atoms with E-state index in [2.05, 4.69) is 32.4 Å². The molecule has 0 spiro atoms. The normalized spacial score (nSPS) is 20.0. The highest BCUT2D eigenvalue weighted by molar-refractivity contribution is 9.10. The summed E-state index contributed by atoms with van der Waals surface area (Å²) in [6.45, 7) is 4.01. The van der Waals surface area contributed by atoms with Crippen LogP contribution in [0.5, 0.6) is 0 Å². The second-order valence-corrected chi connectivity index (χ2v) is 9.63. The van der Waals surface area contributed by atoms with Gasteiger partial charge in [0.25, 0.3) is 5.91 Å². The lowest BCUT2D eigenvalue weighted by Gasteiger charge is -2.43. The van der Waals surface area contributed by atoms with Crippen molar-refractivity contribution in [2.75, 3.05) is 0 Å². The topological polar surface area (TPSA) is 112 Å². The van der Waals surface area contributed by atoms with Crippen LogP contribution in [0, 0.1) is 16.7 Å². The van der Waals surface area contributed by atoms with Crippen molar-refractivity contribution < 1.29 is 9.59 Å². The summed E-state index contributed by atoms with van der Waals surface area (Å²) in [5.41, 5.74) is 11.4. The van der Waals surface area contributed by atoms with Crippen LogP contribution >= 0.6 is 15.9 Å². The first-order valence-corrected chi connectivity index (χ1v) is 10.9. The van der Waals surface area contributed by atoms with Gasteiger partial charge in [0.05, 0.1) is 28.8 Å². The Hall–Kier alpha value is -3.44. The molecule has 2 aliphatic rings. The first kappa shape index (κ1) is 21.8. The molecule has 1 aromatic carbocycles. The molecule has 1 aliphatic carbocycles. The fourth-order valence-corrected chi connectivity index (χ4v) is 4.55. The number of carbonyl (C=O) groups is 2. The van der Waals surface area contributed by atoms with Crippen LogP contribution in [-0.4, -0.2) is 21.7 Å². The van der Waals surface area contributed by atoms with Gasteiger partial charge in [-0.25, -0.2) is 5.01 Å². The number of benzene rings is 1. The Morgan fingerprint density at radius 2 is 2.00 bits per heavy atom. The van der Waals surface area contributed by atoms with Gasteiger partial charge in [0.1, 0.15) is 5.82 Å². The Labute approximate surface area is 194 Å². The number of nitrogens with one attached hydrogen (secondary N) is 1. The SMILES string of the molecule is CC1(C)CC(=O)C2=C(C1)N(NC(=O)c1cccnc1)C(N)=C(C#N)C2c1ccc(Br)cc1. The van der Waals surface area contributed by atoms with E-state index in [0.717, 1.165) is 10.0 Å². The second kappa shape index (κ2) is 8.24. The third kappa shape index (κ3) is 3.92. The van der Waals surface area contributed by atoms with Crippen LogP contribution in [0.15, 0.2) is 75.9 Å². The van der Waals surface area contributed by atoms with Gasteiger partial charge in [0.15, 0.2) is 5.78 Å². The molecule has 2 aromatic rings. The second-order valence-electron chi connectivity index (χ2n) is 8.71. The minimum atomic E-state index is -0.585. The summed E-state index contributed by atoms with van der Waals surface area (Å²) in [5.74, 6) is -0.951. The molecular weight excluding hydrogens is 470 g/mol. The first-order chi connectivity index (χ1) is 15.2. The maximum atomic E-state index is 13.4. The number of nitriles is 1. The van der Waals surface area contributed by atoms with E-state index >= 15 is 0 Å². The number of halogens is 1. The van der Waals surface area contributed by atoms with Crippen LogP contribution in [0.1, 0.15) is 48.5 Å². The third-order valence-corrected chi connectivity index (χ3v) is 6.25. The quantitative estimate of drug-likeness (QED) is 0.672. The van der Waals surface area contributed by atoms with E-state index in [0.29, 0.717) is 29.7 Å². The zero-order valence-corrected chi connectivity index (χ0v) is 19.3. The summed E-state index contributed by atoms with van der Waals surface area (Å²) in [4.78, 5) is 30.2. The van der Waals surface area contributed by atoms with E-state index in [1.165, 1.54) is 11.2 Å². The highest BCUT2D eigenvalue weighted by Gasteiger charge is 2.44. The molecule has 3 N–H and O–H groups in total. The van der Waals surface area contributed by atoms with E-state index in [9.17, 15) is 14.9 Å². The Morgan fingerprint density at radius 3 is 2.62 bits per heavy atom. The standard InChI is InChI=1S/C24H22BrN5O2/c1-24(2)10-18-21(19(31)11-24)20(14-5-7-16(25)8-6-14)17(12-26)22(27)30(18)29-23(32)15-4-3-9-28-13-15/h3-9,13,20H,10-11,27H2,1-2H3,(H,29,32). The van der Waals surface area contributed by atoms with Gasteiger partial charge in [-0.1, -0.05) is 41.9 Å². The minimum absolute atomic E-state index is 0.0509. The number of allylic oxidation sites excluding steroid dienone is 3. The predicted molar refractivity (Wildman–Crippen MR) is 122 cm³/mol. The monoisotopic (exact) mass is 491 g/mol. The Balaban J connectivity index is 1.86. The molecule has 0 bridgehead atoms. The molecule has 1 aliphatic heterocycles. The number of pyridine rings is 1. The number of carbonyl (C=O) groups excluding carboxylic acids is 2. The van der Waals surface area contributed by atoms with E-state index in [4.69, 9.17) is 5.73 Å². The lowest BCUT2D eigenvalue weighted by molar-refractivity contribution is -0.118. The highest BCUT2D eigenvalue weighted by Crippen LogP contribution is 2.48. The summed E-state index contributed by atoms with van der Waals surface area (Å²) in [6.07, 6.45) is 3.89. The average molecular weight is 492 g/mol. The number of Topliss-reactive ketones (excluding diaryl/α,β-unsaturated/α-hetero) is 1. The minimum Gasteiger partial charge on any atom is -0.383 e. The summed E-state index contributed by atoms with van der Waals surface area (Å²) < 4.78 is 0.892. The zero-order valence-electron chi connectivity index (χ0n) is 17.7. The fourth-order valence-electron chi connectivity index (χ4n) is 4.29. The third-order valence-electron chi connectivity index (χ3n) is 5.72. The number of hydrazine groups is 1. The zero-order chi connectivity index (χ0) is 23.0. The number of amides is 1. The van der Waals surface area contributed by atoms with Crippen LogP contribution in [0.2, 0.25) is 0 Å². The molecule has 32 heavy (non-hydrogen) atoms. The van der Waals surface area contributed by atoms with Crippen molar-refractivity contribution >= 4 is 27.6 Å². The molecule has 7 nitrogen and oxygen atoms in total. The van der Waals surface area contributed by atoms with Crippen molar-refractivity contribution in [1.29, 1.82) is 5.26 Å². The van der Waals surface area contributed by atoms with Crippen molar-refractivity contribution in [2.24, 2.45) is 11.1 Å². The molecule has 8 heteroatoms. The lowest BCUT2D eigenvalue weighted by Crippen LogP contribution is -2.49. The van der Waals surface area contributed by atoms with Crippen molar-refractivity contribution in [1.82, 2.24) is 15.4 Å². The number of hydrogen-bond donors (Lipinski definition) is 2. The van der Waals surface area contributed by atoms with Gasteiger partial charge in [-0.05, 0) is 41.7 Å². The van der Waals surface area contributed by atoms with Crippen LogP contribution in [0.25, 0.3) is 0 Å². The van der Waals surface area contributed by atoms with Gasteiger partial charge in [-0.3, -0.25) is 20.0 Å². The molecular formula is C24H22BrN5O2. The lowest BCUT2D eigenvalue weighted by atomic mass is 9.69. The van der Waals surface area contributed by atoms with Crippen molar-refractivity contribution in [3.05, 3.63) is 87.1 Å². The molecule has 1 unspecified atom stereocenters. The summed E-state index contributed by atoms with van der Waals surface area (Å²) in [7, 11) is 0. The number of nitrogens with zero attached hydrogens (tertiary/aromatic N) is 3. The van der Waals surface area contributed by atoms with Gasteiger partial charge >= 0.3 is 0 Å². The van der Waals surface area contributed by atoms with Crippen molar-refractivity contribution in [2.45, 2.75) is 32.6 Å². The Bertz CT molecular complexity index is 1190. The van der Waals surface area contributed by atoms with Gasteiger partial charge in [0.2, 0.25) is 0 Å². The number of aromatic nitrogens is 1. The summed E-state index contributed by atoms with van der Waals surface area (Å²) >= 11 is 3.43. The number of ketones is 1. The van der Waals surface area contributed by atoms with Crippen LogP contribution < -0.4 is 11.2 Å². The number of rotatable bonds is 3. The smallest absolute Gasteiger partial charge is 0.271 e. The fraction of sp³-hybridized carbons (Fsp3) is 0.250. The molecule has 1 aromatic heterocycles. The molecule has 4 rings (SSSR count). The van der Waals surface area contributed by atoms with Crippen LogP contribution in [0.4, 0.5) is 0 Å². The number of nitrogens with two attached hydrogens (primary N) is 1. The van der Waals surface area contributed by atoms with E-state index < -0.39 is 11.8 Å². The Morgan fingerprint density at radius 1 is 1.28 bits per heavy atom. The Kier molecular flexibility index (Phi) is 5.61. The molecule has 0 saturated heterocycles. The van der Waals surface area contributed by atoms with Gasteiger partial charge < -0.3 is 5.73 Å². The first-order valence-electron chi connectivity index (χ1n) is 10.1. The molecule has 0 saturated carbocycles. The van der Waals surface area contributed by atoms with Crippen molar-refractivity contribution in [3.63, 3.8) is 0 Å². The van der Waals surface area contributed by atoms with Crippen LogP contribution in [0.3, 0.4) is 0 Å². The molecule has 0 radical (unpaired) electrons. The van der Waals surface area contributed by atoms with E-state index in [1.54, 1.807) is 18.3 Å². The van der Waals surface area contributed by atoms with E-state index in [-0.39, 0.29) is 22.6 Å². The molecule has 2 heterocycles. The largest absolute Gasteiger partial charge is 0.383 e. The molecule has 0 fully saturated rings. The van der Waals surface area contributed by atoms with E-state index in [1.807, 2.05) is 38.1 Å². The van der Waals surface area contributed by atoms with Gasteiger partial charge in [-0.15, -0.1) is 0 Å². The maximum Gasteiger partial charge on any atom is 0.271 e. The number of hydrogen-bond acceptors (Lipinski definition) is 6.